The maximum atomic E-state index is 12.4. The van der Waals surface area contributed by atoms with Crippen LogP contribution in [-0.2, 0) is 4.79 Å². The largest absolute Gasteiger partial charge is 0.397 e. The zero-order chi connectivity index (χ0) is 19.9. The summed E-state index contributed by atoms with van der Waals surface area (Å²) in [5, 5.41) is 4.24. The van der Waals surface area contributed by atoms with Gasteiger partial charge >= 0.3 is 6.18 Å². The molecule has 7 nitrogen and oxygen atoms in total. The number of carbonyl (C=O) groups is 1. The van der Waals surface area contributed by atoms with Crippen molar-refractivity contribution in [3.8, 4) is 0 Å². The first-order chi connectivity index (χ1) is 13.3. The second-order valence-electron chi connectivity index (χ2n) is 7.02. The smallest absolute Gasteiger partial charge is 0.354 e. The fourth-order valence-corrected chi connectivity index (χ4v) is 3.71. The van der Waals surface area contributed by atoms with Crippen molar-refractivity contribution in [2.24, 2.45) is 0 Å². The number of anilines is 1. The van der Waals surface area contributed by atoms with Gasteiger partial charge in [0.15, 0.2) is 5.65 Å². The number of nitrogens with zero attached hydrogens (tertiary/aromatic N) is 4. The molecule has 1 amide bonds. The molecule has 1 unspecified atom stereocenters. The highest BCUT2D eigenvalue weighted by Gasteiger charge is 2.33. The van der Waals surface area contributed by atoms with Crippen LogP contribution in [-0.4, -0.2) is 51.2 Å². The molecule has 10 heteroatoms. The molecule has 28 heavy (non-hydrogen) atoms. The average molecular weight is 392 g/mol. The molecule has 4 rings (SSSR count). The van der Waals surface area contributed by atoms with E-state index in [1.54, 1.807) is 12.4 Å². The van der Waals surface area contributed by atoms with Gasteiger partial charge in [-0.15, -0.1) is 0 Å². The van der Waals surface area contributed by atoms with Crippen LogP contribution in [0.2, 0.25) is 0 Å². The summed E-state index contributed by atoms with van der Waals surface area (Å²) in [4.78, 5) is 30.1. The van der Waals surface area contributed by atoms with Crippen molar-refractivity contribution >= 4 is 33.7 Å². The van der Waals surface area contributed by atoms with E-state index in [1.807, 2.05) is 17.9 Å². The van der Waals surface area contributed by atoms with Gasteiger partial charge in [-0.05, 0) is 25.8 Å². The number of aryl methyl sites for hydroxylation is 1. The molecule has 0 spiro atoms. The number of fused-ring (bicyclic) bond motifs is 3. The van der Waals surface area contributed by atoms with Crippen molar-refractivity contribution < 1.29 is 18.0 Å². The van der Waals surface area contributed by atoms with Crippen LogP contribution in [0.3, 0.4) is 0 Å². The first kappa shape index (κ1) is 18.5. The van der Waals surface area contributed by atoms with E-state index in [0.29, 0.717) is 31.0 Å². The number of aromatic nitrogens is 4. The van der Waals surface area contributed by atoms with Crippen molar-refractivity contribution in [2.45, 2.75) is 38.4 Å². The van der Waals surface area contributed by atoms with Gasteiger partial charge in [0.2, 0.25) is 5.91 Å². The van der Waals surface area contributed by atoms with Crippen molar-refractivity contribution in [3.63, 3.8) is 0 Å². The topological polar surface area (TPSA) is 86.8 Å². The highest BCUT2D eigenvalue weighted by molar-refractivity contribution is 6.09. The number of halogens is 3. The molecule has 1 saturated heterocycles. The van der Waals surface area contributed by atoms with Crippen LogP contribution in [0.5, 0.6) is 0 Å². The minimum absolute atomic E-state index is 0.361. The number of aromatic amines is 1. The van der Waals surface area contributed by atoms with Gasteiger partial charge in [-0.3, -0.25) is 4.79 Å². The van der Waals surface area contributed by atoms with Gasteiger partial charge in [-0.25, -0.2) is 15.0 Å². The lowest BCUT2D eigenvalue weighted by atomic mass is 10.0. The van der Waals surface area contributed by atoms with Crippen molar-refractivity contribution in [1.29, 1.82) is 0 Å². The Labute approximate surface area is 158 Å². The van der Waals surface area contributed by atoms with Gasteiger partial charge in [-0.1, -0.05) is 0 Å². The normalized spacial score (nSPS) is 18.0. The van der Waals surface area contributed by atoms with Gasteiger partial charge in [0.05, 0.1) is 17.1 Å². The molecule has 1 atom stereocenters. The second-order valence-corrected chi connectivity index (χ2v) is 7.02. The Balaban J connectivity index is 1.64. The molecule has 0 aliphatic carbocycles. The average Bonchev–Trinajstić information content (AvgIpc) is 3.08. The highest BCUT2D eigenvalue weighted by atomic mass is 19.4. The number of H-pyrrole nitrogens is 1. The number of piperidine rings is 1. The van der Waals surface area contributed by atoms with Crippen molar-refractivity contribution in [2.75, 3.05) is 18.0 Å². The number of pyridine rings is 1. The fraction of sp³-hybridized carbons (Fsp3) is 0.444. The Kier molecular flexibility index (Phi) is 4.56. The predicted molar refractivity (Wildman–Crippen MR) is 98.0 cm³/mol. The van der Waals surface area contributed by atoms with Crippen LogP contribution in [0, 0.1) is 6.92 Å². The number of amides is 1. The van der Waals surface area contributed by atoms with Gasteiger partial charge in [-0.2, -0.15) is 13.2 Å². The Morgan fingerprint density at radius 3 is 3.00 bits per heavy atom. The molecule has 1 aliphatic rings. The van der Waals surface area contributed by atoms with Crippen LogP contribution in [0.4, 0.5) is 19.0 Å². The van der Waals surface area contributed by atoms with E-state index >= 15 is 0 Å². The van der Waals surface area contributed by atoms with Crippen molar-refractivity contribution in [1.82, 2.24) is 25.3 Å². The number of rotatable bonds is 3. The lowest BCUT2D eigenvalue weighted by Gasteiger charge is -2.34. The van der Waals surface area contributed by atoms with E-state index < -0.39 is 18.5 Å². The summed E-state index contributed by atoms with van der Waals surface area (Å²) in [6.45, 7) is 2.94. The molecule has 0 saturated carbocycles. The zero-order valence-corrected chi connectivity index (χ0v) is 15.2. The predicted octanol–water partition coefficient (Wildman–Crippen LogP) is 2.85. The molecule has 0 bridgehead atoms. The number of nitrogens with one attached hydrogen (secondary N) is 2. The van der Waals surface area contributed by atoms with Crippen LogP contribution in [0.1, 0.15) is 25.1 Å². The molecule has 3 aromatic rings. The summed E-state index contributed by atoms with van der Waals surface area (Å²) in [6, 6.07) is 1.51. The molecule has 0 aromatic carbocycles. The molecule has 1 fully saturated rings. The summed E-state index contributed by atoms with van der Waals surface area (Å²) >= 11 is 0. The zero-order valence-electron chi connectivity index (χ0n) is 15.2. The molecule has 4 heterocycles. The number of hydrogen-bond donors (Lipinski definition) is 2. The quantitative estimate of drug-likeness (QED) is 0.716. The summed E-state index contributed by atoms with van der Waals surface area (Å²) in [6.07, 6.45) is -1.22. The second kappa shape index (κ2) is 6.92. The third kappa shape index (κ3) is 3.71. The van der Waals surface area contributed by atoms with E-state index in [0.717, 1.165) is 28.5 Å². The summed E-state index contributed by atoms with van der Waals surface area (Å²) in [7, 11) is 0. The molecule has 148 valence electrons. The standard InChI is InChI=1S/C18H19F3N6O/c1-10-24-13-8-23-16-12(4-5-22-16)15(13)17(25-10)27-6-2-3-11(9-27)26-14(28)7-18(19,20)21/h4-5,8,11H,2-3,6-7,9H2,1H3,(H,24,25)(H,26,28). The summed E-state index contributed by atoms with van der Waals surface area (Å²) in [5.74, 6) is 0.425. The van der Waals surface area contributed by atoms with Gasteiger partial charge in [0.25, 0.3) is 0 Å². The minimum atomic E-state index is -4.51. The SMILES string of the molecule is Cc1nc(N2CCCC(NC(=O)CC(F)(F)F)C2)c2c(cnc3nccc32)[nH]1. The van der Waals surface area contributed by atoms with Crippen LogP contribution in [0.25, 0.3) is 21.9 Å². The fourth-order valence-electron chi connectivity index (χ4n) is 3.71. The van der Waals surface area contributed by atoms with Gasteiger partial charge < -0.3 is 15.2 Å². The lowest BCUT2D eigenvalue weighted by molar-refractivity contribution is -0.154. The summed E-state index contributed by atoms with van der Waals surface area (Å²) < 4.78 is 37.3. The van der Waals surface area contributed by atoms with Crippen LogP contribution >= 0.6 is 0 Å². The van der Waals surface area contributed by atoms with E-state index in [2.05, 4.69) is 25.3 Å². The molecule has 2 N–H and O–H groups in total. The Hall–Kier alpha value is -2.91. The molecule has 0 radical (unpaired) electrons. The number of hydrogen-bond acceptors (Lipinski definition) is 5. The number of alkyl halides is 3. The molecular weight excluding hydrogens is 373 g/mol. The first-order valence-electron chi connectivity index (χ1n) is 9.01. The Morgan fingerprint density at radius 2 is 2.21 bits per heavy atom. The minimum Gasteiger partial charge on any atom is -0.354 e. The molecule has 3 aromatic heterocycles. The third-order valence-corrected chi connectivity index (χ3v) is 4.79. The van der Waals surface area contributed by atoms with Crippen molar-refractivity contribution in [3.05, 3.63) is 24.3 Å². The summed E-state index contributed by atoms with van der Waals surface area (Å²) in [5.41, 5.74) is 1.42. The Bertz CT molecular complexity index is 1030. The lowest BCUT2D eigenvalue weighted by Crippen LogP contribution is -2.48. The van der Waals surface area contributed by atoms with E-state index in [9.17, 15) is 18.0 Å². The van der Waals surface area contributed by atoms with Gasteiger partial charge in [0.1, 0.15) is 18.1 Å². The number of carbonyl (C=O) groups excluding carboxylic acids is 1. The van der Waals surface area contributed by atoms with Gasteiger partial charge in [0, 0.05) is 30.7 Å². The van der Waals surface area contributed by atoms with E-state index in [4.69, 9.17) is 0 Å². The maximum Gasteiger partial charge on any atom is 0.397 e. The van der Waals surface area contributed by atoms with E-state index in [-0.39, 0.29) is 6.04 Å². The highest BCUT2D eigenvalue weighted by Crippen LogP contribution is 2.31. The van der Waals surface area contributed by atoms with Crippen LogP contribution in [0.15, 0.2) is 18.5 Å². The monoisotopic (exact) mass is 392 g/mol. The first-order valence-corrected chi connectivity index (χ1v) is 9.01. The molecule has 1 aliphatic heterocycles. The maximum absolute atomic E-state index is 12.4. The van der Waals surface area contributed by atoms with E-state index in [1.165, 1.54) is 0 Å². The Morgan fingerprint density at radius 1 is 1.39 bits per heavy atom. The van der Waals surface area contributed by atoms with Crippen LogP contribution < -0.4 is 10.2 Å². The third-order valence-electron chi connectivity index (χ3n) is 4.79. The molecular formula is C18H19F3N6O.